The molecule has 4 heteroatoms. The Morgan fingerprint density at radius 2 is 1.73 bits per heavy atom. The normalized spacial score (nSPS) is 17.6. The molecule has 4 atom stereocenters. The third-order valence-electron chi connectivity index (χ3n) is 4.64. The Kier molecular flexibility index (Phi) is 9.13. The van der Waals surface area contributed by atoms with Crippen molar-refractivity contribution in [3.05, 3.63) is 12.2 Å². The van der Waals surface area contributed by atoms with Crippen LogP contribution in [0, 0.1) is 17.3 Å². The minimum Gasteiger partial charge on any atom is -0.396 e. The van der Waals surface area contributed by atoms with Gasteiger partial charge in [0, 0.05) is 17.9 Å². The lowest BCUT2D eigenvalue weighted by atomic mass is 9.73. The minimum atomic E-state index is -0.972. The van der Waals surface area contributed by atoms with Crippen molar-refractivity contribution >= 4 is 5.78 Å². The largest absolute Gasteiger partial charge is 0.396 e. The number of aliphatic hydroxyl groups excluding tert-OH is 3. The molecule has 0 heterocycles. The molecular formula is C18H34O4. The highest BCUT2D eigenvalue weighted by molar-refractivity contribution is 5.87. The Hall–Kier alpha value is -0.710. The summed E-state index contributed by atoms with van der Waals surface area (Å²) < 4.78 is 0. The monoisotopic (exact) mass is 314 g/mol. The Labute approximate surface area is 135 Å². The predicted octanol–water partition coefficient (Wildman–Crippen LogP) is 2.70. The van der Waals surface area contributed by atoms with Crippen LogP contribution in [0.15, 0.2) is 12.2 Å². The molecule has 22 heavy (non-hydrogen) atoms. The number of carbonyl (C=O) groups is 1. The minimum absolute atomic E-state index is 0.0177. The van der Waals surface area contributed by atoms with Gasteiger partial charge in [0.25, 0.3) is 0 Å². The summed E-state index contributed by atoms with van der Waals surface area (Å²) in [6, 6.07) is 0. The van der Waals surface area contributed by atoms with E-state index in [1.165, 1.54) is 0 Å². The second-order valence-electron chi connectivity index (χ2n) is 7.22. The van der Waals surface area contributed by atoms with E-state index < -0.39 is 23.5 Å². The van der Waals surface area contributed by atoms with Crippen molar-refractivity contribution in [1.82, 2.24) is 0 Å². The smallest absolute Gasteiger partial charge is 0.146 e. The molecule has 0 rings (SSSR count). The van der Waals surface area contributed by atoms with Crippen LogP contribution in [0.4, 0.5) is 0 Å². The van der Waals surface area contributed by atoms with Gasteiger partial charge in [0.15, 0.2) is 0 Å². The van der Waals surface area contributed by atoms with E-state index in [9.17, 15) is 15.0 Å². The number of rotatable bonds is 11. The third-order valence-corrected chi connectivity index (χ3v) is 4.64. The van der Waals surface area contributed by atoms with Crippen molar-refractivity contribution in [1.29, 1.82) is 0 Å². The molecule has 0 unspecified atom stereocenters. The zero-order valence-corrected chi connectivity index (χ0v) is 14.8. The number of carbonyl (C=O) groups excluding carboxylic acids is 1. The fourth-order valence-corrected chi connectivity index (χ4v) is 2.78. The van der Waals surface area contributed by atoms with Gasteiger partial charge in [0.2, 0.25) is 0 Å². The van der Waals surface area contributed by atoms with Crippen LogP contribution in [-0.4, -0.2) is 39.9 Å². The highest BCUT2D eigenvalue weighted by Crippen LogP contribution is 2.31. The van der Waals surface area contributed by atoms with Crippen LogP contribution >= 0.6 is 0 Å². The molecular weight excluding hydrogens is 280 g/mol. The molecule has 0 radical (unpaired) electrons. The lowest BCUT2D eigenvalue weighted by Gasteiger charge is -2.34. The van der Waals surface area contributed by atoms with E-state index >= 15 is 0 Å². The molecule has 0 saturated heterocycles. The van der Waals surface area contributed by atoms with Crippen molar-refractivity contribution in [2.75, 3.05) is 6.61 Å². The van der Waals surface area contributed by atoms with Gasteiger partial charge in [-0.2, -0.15) is 0 Å². The highest BCUT2D eigenvalue weighted by Gasteiger charge is 2.40. The van der Waals surface area contributed by atoms with Crippen LogP contribution in [0.5, 0.6) is 0 Å². The molecule has 0 aromatic rings. The van der Waals surface area contributed by atoms with Gasteiger partial charge in [-0.15, -0.1) is 6.58 Å². The molecule has 0 bridgehead atoms. The topological polar surface area (TPSA) is 77.8 Å². The van der Waals surface area contributed by atoms with Crippen molar-refractivity contribution in [3.8, 4) is 0 Å². The average molecular weight is 314 g/mol. The van der Waals surface area contributed by atoms with Gasteiger partial charge in [0.1, 0.15) is 5.78 Å². The maximum atomic E-state index is 12.6. The van der Waals surface area contributed by atoms with E-state index in [0.717, 1.165) is 24.8 Å². The van der Waals surface area contributed by atoms with Gasteiger partial charge >= 0.3 is 0 Å². The highest BCUT2D eigenvalue weighted by atomic mass is 16.3. The summed E-state index contributed by atoms with van der Waals surface area (Å²) in [5.41, 5.74) is 0.152. The van der Waals surface area contributed by atoms with Crippen LogP contribution in [-0.2, 0) is 4.79 Å². The van der Waals surface area contributed by atoms with Gasteiger partial charge in [-0.25, -0.2) is 0 Å². The molecule has 0 aliphatic carbocycles. The molecule has 3 N–H and O–H groups in total. The number of allylic oxidation sites excluding steroid dienone is 1. The lowest BCUT2D eigenvalue weighted by molar-refractivity contribution is -0.142. The molecule has 0 aromatic carbocycles. The molecule has 130 valence electrons. The summed E-state index contributed by atoms with van der Waals surface area (Å²) in [6.07, 6.45) is 1.25. The van der Waals surface area contributed by atoms with Crippen molar-refractivity contribution in [2.45, 2.75) is 72.5 Å². The van der Waals surface area contributed by atoms with Crippen molar-refractivity contribution < 1.29 is 20.1 Å². The van der Waals surface area contributed by atoms with E-state index in [1.54, 1.807) is 20.8 Å². The van der Waals surface area contributed by atoms with Crippen LogP contribution < -0.4 is 0 Å². The molecule has 0 spiro atoms. The van der Waals surface area contributed by atoms with Crippen molar-refractivity contribution in [2.24, 2.45) is 17.3 Å². The summed E-state index contributed by atoms with van der Waals surface area (Å²) in [5, 5.41) is 29.4. The Morgan fingerprint density at radius 3 is 2.18 bits per heavy atom. The fourth-order valence-electron chi connectivity index (χ4n) is 2.78. The maximum absolute atomic E-state index is 12.6. The number of Topliss-reactive ketones (excluding diaryl/α,β-unsaturated/α-hetero) is 1. The van der Waals surface area contributed by atoms with Crippen LogP contribution in [0.25, 0.3) is 0 Å². The van der Waals surface area contributed by atoms with Crippen LogP contribution in [0.2, 0.25) is 0 Å². The summed E-state index contributed by atoms with van der Waals surface area (Å²) >= 11 is 0. The van der Waals surface area contributed by atoms with Gasteiger partial charge in [-0.1, -0.05) is 33.3 Å². The SMILES string of the molecule is C=C(C)CCC[C@H](C)[C@H](O)[C@@H](C)C(=O)C(C)(C)[C@@H](O)CCO. The molecule has 0 aliphatic rings. The van der Waals surface area contributed by atoms with E-state index in [-0.39, 0.29) is 24.7 Å². The second-order valence-corrected chi connectivity index (χ2v) is 7.22. The second kappa shape index (κ2) is 9.43. The molecule has 0 amide bonds. The van der Waals surface area contributed by atoms with Crippen LogP contribution in [0.3, 0.4) is 0 Å². The Bertz CT molecular complexity index is 362. The predicted molar refractivity (Wildman–Crippen MR) is 89.5 cm³/mol. The molecule has 0 aromatic heterocycles. The number of hydrogen-bond donors (Lipinski definition) is 3. The number of hydrogen-bond acceptors (Lipinski definition) is 4. The first-order valence-electron chi connectivity index (χ1n) is 8.21. The van der Waals surface area contributed by atoms with Gasteiger partial charge in [0.05, 0.1) is 12.2 Å². The fraction of sp³-hybridized carbons (Fsp3) is 0.833. The number of aliphatic hydroxyl groups is 3. The first kappa shape index (κ1) is 21.3. The quantitative estimate of drug-likeness (QED) is 0.512. The zero-order chi connectivity index (χ0) is 17.5. The van der Waals surface area contributed by atoms with Crippen LogP contribution in [0.1, 0.15) is 60.3 Å². The molecule has 0 saturated carbocycles. The van der Waals surface area contributed by atoms with E-state index in [0.29, 0.717) is 0 Å². The maximum Gasteiger partial charge on any atom is 0.146 e. The third kappa shape index (κ3) is 6.19. The van der Waals surface area contributed by atoms with Gasteiger partial charge in [-0.3, -0.25) is 4.79 Å². The van der Waals surface area contributed by atoms with Gasteiger partial charge < -0.3 is 15.3 Å². The average Bonchev–Trinajstić information content (AvgIpc) is 2.44. The Morgan fingerprint density at radius 1 is 1.18 bits per heavy atom. The zero-order valence-electron chi connectivity index (χ0n) is 14.8. The molecule has 4 nitrogen and oxygen atoms in total. The summed E-state index contributed by atoms with van der Waals surface area (Å²) in [6.45, 7) is 12.7. The standard InChI is InChI=1S/C18H34O4/c1-12(2)8-7-9-13(3)16(21)14(4)17(22)18(5,6)15(20)10-11-19/h13-16,19-21H,1,7-11H2,2-6H3/t13-,14+,15-,16-/m0/s1. The first-order valence-corrected chi connectivity index (χ1v) is 8.21. The molecule has 0 fully saturated rings. The summed E-state index contributed by atoms with van der Waals surface area (Å²) in [7, 11) is 0. The number of ketones is 1. The summed E-state index contributed by atoms with van der Waals surface area (Å²) in [5.74, 6) is -0.681. The first-order chi connectivity index (χ1) is 10.1. The van der Waals surface area contributed by atoms with E-state index in [4.69, 9.17) is 5.11 Å². The lowest BCUT2D eigenvalue weighted by Crippen LogP contribution is -2.45. The van der Waals surface area contributed by atoms with Gasteiger partial charge in [-0.05, 0) is 38.5 Å². The van der Waals surface area contributed by atoms with E-state index in [1.807, 2.05) is 13.8 Å². The van der Waals surface area contributed by atoms with E-state index in [2.05, 4.69) is 6.58 Å². The molecule has 0 aliphatic heterocycles. The summed E-state index contributed by atoms with van der Waals surface area (Å²) in [4.78, 5) is 12.6. The van der Waals surface area contributed by atoms with Crippen molar-refractivity contribution in [3.63, 3.8) is 0 Å². The Balaban J connectivity index is 4.68.